The van der Waals surface area contributed by atoms with Gasteiger partial charge >= 0.3 is 0 Å². The Labute approximate surface area is 149 Å². The summed E-state index contributed by atoms with van der Waals surface area (Å²) in [5.41, 5.74) is 2.05. The SMILES string of the molecule is COc1ccc2c(c1)NC[C@@H](C)c1nnc(-c3cc(Cl)ccc3F)n1-2. The monoisotopic (exact) mass is 358 g/mol. The lowest BCUT2D eigenvalue weighted by Crippen LogP contribution is -2.09. The zero-order valence-electron chi connectivity index (χ0n) is 13.8. The van der Waals surface area contributed by atoms with Crippen LogP contribution in [-0.2, 0) is 0 Å². The topological polar surface area (TPSA) is 52.0 Å². The summed E-state index contributed by atoms with van der Waals surface area (Å²) in [5, 5.41) is 12.4. The number of anilines is 1. The van der Waals surface area contributed by atoms with E-state index in [0.717, 1.165) is 22.9 Å². The minimum Gasteiger partial charge on any atom is -0.497 e. The zero-order chi connectivity index (χ0) is 17.6. The van der Waals surface area contributed by atoms with Crippen LogP contribution in [0.4, 0.5) is 10.1 Å². The maximum atomic E-state index is 14.4. The van der Waals surface area contributed by atoms with Crippen LogP contribution in [0.2, 0.25) is 5.02 Å². The molecule has 5 nitrogen and oxygen atoms in total. The molecule has 0 radical (unpaired) electrons. The Hall–Kier alpha value is -2.60. The van der Waals surface area contributed by atoms with Crippen LogP contribution in [0.25, 0.3) is 17.1 Å². The van der Waals surface area contributed by atoms with E-state index >= 15 is 0 Å². The molecule has 2 aromatic carbocycles. The first-order chi connectivity index (χ1) is 12.1. The molecule has 4 rings (SSSR count). The number of aromatic nitrogens is 3. The van der Waals surface area contributed by atoms with Crippen LogP contribution in [0.5, 0.6) is 5.75 Å². The number of methoxy groups -OCH3 is 1. The van der Waals surface area contributed by atoms with Gasteiger partial charge in [-0.15, -0.1) is 10.2 Å². The predicted molar refractivity (Wildman–Crippen MR) is 95.2 cm³/mol. The van der Waals surface area contributed by atoms with Crippen molar-refractivity contribution in [1.82, 2.24) is 14.8 Å². The van der Waals surface area contributed by atoms with E-state index in [-0.39, 0.29) is 11.7 Å². The lowest BCUT2D eigenvalue weighted by Gasteiger charge is -2.13. The molecule has 25 heavy (non-hydrogen) atoms. The van der Waals surface area contributed by atoms with Crippen LogP contribution in [0, 0.1) is 5.82 Å². The summed E-state index contributed by atoms with van der Waals surface area (Å²) in [7, 11) is 1.62. The van der Waals surface area contributed by atoms with Crippen molar-refractivity contribution in [3.8, 4) is 22.8 Å². The average molecular weight is 359 g/mol. The van der Waals surface area contributed by atoms with Crippen molar-refractivity contribution in [3.63, 3.8) is 0 Å². The predicted octanol–water partition coefficient (Wildman–Crippen LogP) is 4.26. The summed E-state index contributed by atoms with van der Waals surface area (Å²) in [6.45, 7) is 2.74. The van der Waals surface area contributed by atoms with E-state index in [1.165, 1.54) is 12.1 Å². The summed E-state index contributed by atoms with van der Waals surface area (Å²) in [4.78, 5) is 0. The Morgan fingerprint density at radius 1 is 1.24 bits per heavy atom. The molecule has 0 unspecified atom stereocenters. The van der Waals surface area contributed by atoms with E-state index < -0.39 is 0 Å². The Kier molecular flexibility index (Phi) is 3.84. The Bertz CT molecular complexity index is 956. The highest BCUT2D eigenvalue weighted by Gasteiger charge is 2.26. The molecule has 1 N–H and O–H groups in total. The van der Waals surface area contributed by atoms with Gasteiger partial charge in [0.2, 0.25) is 0 Å². The van der Waals surface area contributed by atoms with Crippen molar-refractivity contribution >= 4 is 17.3 Å². The molecular formula is C18H16ClFN4O. The fraction of sp³-hybridized carbons (Fsp3) is 0.222. The van der Waals surface area contributed by atoms with Crippen molar-refractivity contribution in [2.24, 2.45) is 0 Å². The van der Waals surface area contributed by atoms with Crippen molar-refractivity contribution in [2.45, 2.75) is 12.8 Å². The van der Waals surface area contributed by atoms with Crippen LogP contribution in [0.3, 0.4) is 0 Å². The lowest BCUT2D eigenvalue weighted by atomic mass is 10.1. The minimum atomic E-state index is -0.389. The summed E-state index contributed by atoms with van der Waals surface area (Å²) in [6.07, 6.45) is 0. The molecule has 0 spiro atoms. The van der Waals surface area contributed by atoms with Crippen molar-refractivity contribution in [1.29, 1.82) is 0 Å². The fourth-order valence-electron chi connectivity index (χ4n) is 3.03. The first-order valence-corrected chi connectivity index (χ1v) is 8.29. The van der Waals surface area contributed by atoms with Gasteiger partial charge in [-0.25, -0.2) is 4.39 Å². The standard InChI is InChI=1S/C18H16ClFN4O/c1-10-9-21-15-8-12(25-2)4-6-16(15)24-17(10)22-23-18(24)13-7-11(19)3-5-14(13)20/h3-8,10,21H,9H2,1-2H3/t10-/m1/s1. The molecule has 0 bridgehead atoms. The smallest absolute Gasteiger partial charge is 0.171 e. The first kappa shape index (κ1) is 15.9. The summed E-state index contributed by atoms with van der Waals surface area (Å²) >= 11 is 6.06. The quantitative estimate of drug-likeness (QED) is 0.743. The van der Waals surface area contributed by atoms with Gasteiger partial charge in [-0.1, -0.05) is 18.5 Å². The molecule has 2 heterocycles. The Balaban J connectivity index is 1.99. The maximum Gasteiger partial charge on any atom is 0.171 e. The molecule has 0 amide bonds. The lowest BCUT2D eigenvalue weighted by molar-refractivity contribution is 0.415. The zero-order valence-corrected chi connectivity index (χ0v) is 14.5. The number of ether oxygens (including phenoxy) is 1. The van der Waals surface area contributed by atoms with Gasteiger partial charge in [0.25, 0.3) is 0 Å². The molecule has 1 aliphatic rings. The molecule has 1 aromatic heterocycles. The fourth-order valence-corrected chi connectivity index (χ4v) is 3.20. The first-order valence-electron chi connectivity index (χ1n) is 7.91. The number of fused-ring (bicyclic) bond motifs is 3. The number of benzene rings is 2. The molecule has 1 aliphatic heterocycles. The summed E-state index contributed by atoms with van der Waals surface area (Å²) in [6, 6.07) is 10.1. The van der Waals surface area contributed by atoms with Crippen LogP contribution >= 0.6 is 11.6 Å². The van der Waals surface area contributed by atoms with Gasteiger partial charge < -0.3 is 10.1 Å². The summed E-state index contributed by atoms with van der Waals surface area (Å²) < 4.78 is 21.6. The molecule has 0 saturated carbocycles. The molecular weight excluding hydrogens is 343 g/mol. The van der Waals surface area contributed by atoms with Gasteiger partial charge in [0.05, 0.1) is 24.0 Å². The minimum absolute atomic E-state index is 0.0990. The largest absolute Gasteiger partial charge is 0.497 e. The van der Waals surface area contributed by atoms with Gasteiger partial charge in [-0.05, 0) is 30.3 Å². The molecule has 0 saturated heterocycles. The highest BCUT2D eigenvalue weighted by molar-refractivity contribution is 6.30. The van der Waals surface area contributed by atoms with Gasteiger partial charge in [0, 0.05) is 23.6 Å². The third kappa shape index (κ3) is 2.62. The van der Waals surface area contributed by atoms with Crippen molar-refractivity contribution in [3.05, 3.63) is 53.1 Å². The number of hydrogen-bond acceptors (Lipinski definition) is 4. The summed E-state index contributed by atoms with van der Waals surface area (Å²) in [5.74, 6) is 1.65. The molecule has 7 heteroatoms. The van der Waals surface area contributed by atoms with E-state index in [2.05, 4.69) is 22.4 Å². The van der Waals surface area contributed by atoms with Gasteiger partial charge in [-0.3, -0.25) is 4.57 Å². The van der Waals surface area contributed by atoms with E-state index in [4.69, 9.17) is 16.3 Å². The highest BCUT2D eigenvalue weighted by atomic mass is 35.5. The number of hydrogen-bond donors (Lipinski definition) is 1. The molecule has 1 atom stereocenters. The second kappa shape index (κ2) is 6.04. The van der Waals surface area contributed by atoms with E-state index in [1.807, 2.05) is 22.8 Å². The van der Waals surface area contributed by atoms with Gasteiger partial charge in [-0.2, -0.15) is 0 Å². The highest BCUT2D eigenvalue weighted by Crippen LogP contribution is 2.36. The molecule has 128 valence electrons. The maximum absolute atomic E-state index is 14.4. The van der Waals surface area contributed by atoms with Crippen LogP contribution in [0.15, 0.2) is 36.4 Å². The molecule has 0 aliphatic carbocycles. The van der Waals surface area contributed by atoms with Crippen LogP contribution < -0.4 is 10.1 Å². The second-order valence-electron chi connectivity index (χ2n) is 6.01. The van der Waals surface area contributed by atoms with Crippen molar-refractivity contribution in [2.75, 3.05) is 19.0 Å². The number of halogens is 2. The van der Waals surface area contributed by atoms with E-state index in [1.54, 1.807) is 13.2 Å². The molecule has 0 fully saturated rings. The van der Waals surface area contributed by atoms with Crippen LogP contribution in [-0.4, -0.2) is 28.4 Å². The number of nitrogens with zero attached hydrogens (tertiary/aromatic N) is 3. The van der Waals surface area contributed by atoms with Crippen LogP contribution in [0.1, 0.15) is 18.7 Å². The third-order valence-corrected chi connectivity index (χ3v) is 4.58. The normalized spacial score (nSPS) is 15.8. The third-order valence-electron chi connectivity index (χ3n) is 4.34. The van der Waals surface area contributed by atoms with Crippen molar-refractivity contribution < 1.29 is 9.13 Å². The number of nitrogens with one attached hydrogen (secondary N) is 1. The van der Waals surface area contributed by atoms with Gasteiger partial charge in [0.15, 0.2) is 5.82 Å². The molecule has 3 aromatic rings. The average Bonchev–Trinajstić information content (AvgIpc) is 3.00. The van der Waals surface area contributed by atoms with E-state index in [9.17, 15) is 4.39 Å². The Morgan fingerprint density at radius 3 is 2.88 bits per heavy atom. The Morgan fingerprint density at radius 2 is 2.08 bits per heavy atom. The van der Waals surface area contributed by atoms with Gasteiger partial charge in [0.1, 0.15) is 17.4 Å². The van der Waals surface area contributed by atoms with E-state index in [0.29, 0.717) is 23.0 Å². The second-order valence-corrected chi connectivity index (χ2v) is 6.44. The number of rotatable bonds is 2.